The number of hydrogen-bond donors (Lipinski definition) is 1. The third kappa shape index (κ3) is 4.99. The van der Waals surface area contributed by atoms with Crippen molar-refractivity contribution in [1.29, 1.82) is 0 Å². The molecule has 4 rings (SSSR count). The first kappa shape index (κ1) is 24.0. The predicted molar refractivity (Wildman–Crippen MR) is 139 cm³/mol. The minimum absolute atomic E-state index is 0.228. The normalized spacial score (nSPS) is 16.2. The van der Waals surface area contributed by atoms with E-state index in [1.165, 1.54) is 5.56 Å². The Morgan fingerprint density at radius 3 is 2.62 bits per heavy atom. The highest BCUT2D eigenvalue weighted by Crippen LogP contribution is 2.38. The Balaban J connectivity index is 1.77. The first-order valence-electron chi connectivity index (χ1n) is 11.8. The number of methoxy groups -OCH3 is 1. The summed E-state index contributed by atoms with van der Waals surface area (Å²) in [6.07, 6.45) is 2.01. The lowest BCUT2D eigenvalue weighted by atomic mass is 9.94. The van der Waals surface area contributed by atoms with Gasteiger partial charge in [-0.15, -0.1) is 0 Å². The molecule has 1 unspecified atom stereocenters. The topological polar surface area (TPSA) is 63.4 Å². The standard InChI is InChI=1S/C27H32N4O2S/c1-6-19-10-12-20(13-11-19)25-29-26(33-30-25)23-18(4)31(15-14-17(2)3)27(34)28-24(23)21-8-7-9-22(16-21)32-5/h7-13,16-17,24H,6,14-15H2,1-5H3,(H,28,34). The molecule has 3 aromatic rings. The van der Waals surface area contributed by atoms with Gasteiger partial charge in [-0.25, -0.2) is 0 Å². The molecule has 34 heavy (non-hydrogen) atoms. The lowest BCUT2D eigenvalue weighted by Crippen LogP contribution is -2.46. The summed E-state index contributed by atoms with van der Waals surface area (Å²) in [4.78, 5) is 6.95. The van der Waals surface area contributed by atoms with Crippen molar-refractivity contribution in [2.75, 3.05) is 13.7 Å². The second-order valence-corrected chi connectivity index (χ2v) is 9.35. The van der Waals surface area contributed by atoms with E-state index in [9.17, 15) is 0 Å². The first-order chi connectivity index (χ1) is 16.4. The lowest BCUT2D eigenvalue weighted by molar-refractivity contribution is 0.390. The van der Waals surface area contributed by atoms with Gasteiger partial charge in [0, 0.05) is 17.8 Å². The van der Waals surface area contributed by atoms with Crippen LogP contribution in [-0.2, 0) is 6.42 Å². The molecule has 178 valence electrons. The smallest absolute Gasteiger partial charge is 0.258 e. The number of thiocarbonyl (C=S) groups is 1. The maximum atomic E-state index is 5.84. The Morgan fingerprint density at radius 1 is 1.18 bits per heavy atom. The summed E-state index contributed by atoms with van der Waals surface area (Å²) < 4.78 is 11.3. The van der Waals surface area contributed by atoms with E-state index in [2.05, 4.69) is 61.3 Å². The van der Waals surface area contributed by atoms with E-state index in [0.717, 1.165) is 47.5 Å². The summed E-state index contributed by atoms with van der Waals surface area (Å²) in [6.45, 7) is 9.47. The second kappa shape index (κ2) is 10.4. The zero-order valence-corrected chi connectivity index (χ0v) is 21.3. The highest BCUT2D eigenvalue weighted by Gasteiger charge is 2.34. The van der Waals surface area contributed by atoms with Gasteiger partial charge in [-0.1, -0.05) is 62.3 Å². The number of nitrogens with zero attached hydrogens (tertiary/aromatic N) is 3. The van der Waals surface area contributed by atoms with Gasteiger partial charge in [0.05, 0.1) is 18.7 Å². The minimum atomic E-state index is -0.228. The van der Waals surface area contributed by atoms with Crippen molar-refractivity contribution in [2.45, 2.75) is 46.6 Å². The molecule has 0 bridgehead atoms. The van der Waals surface area contributed by atoms with E-state index in [1.54, 1.807) is 7.11 Å². The summed E-state index contributed by atoms with van der Waals surface area (Å²) >= 11 is 5.79. The fourth-order valence-electron chi connectivity index (χ4n) is 4.13. The van der Waals surface area contributed by atoms with Crippen LogP contribution in [0.4, 0.5) is 0 Å². The average Bonchev–Trinajstić information content (AvgIpc) is 3.33. The number of benzene rings is 2. The lowest BCUT2D eigenvalue weighted by Gasteiger charge is -2.37. The van der Waals surface area contributed by atoms with Gasteiger partial charge in [0.2, 0.25) is 5.82 Å². The Morgan fingerprint density at radius 2 is 1.94 bits per heavy atom. The van der Waals surface area contributed by atoms with Crippen LogP contribution >= 0.6 is 12.2 Å². The molecule has 1 aromatic heterocycles. The Bertz CT molecular complexity index is 1180. The Hall–Kier alpha value is -3.19. The molecule has 0 saturated carbocycles. The Kier molecular flexibility index (Phi) is 7.32. The van der Waals surface area contributed by atoms with Crippen molar-refractivity contribution in [3.63, 3.8) is 0 Å². The van der Waals surface area contributed by atoms with Gasteiger partial charge in [-0.05, 0) is 61.2 Å². The van der Waals surface area contributed by atoms with Gasteiger partial charge in [0.25, 0.3) is 5.89 Å². The van der Waals surface area contributed by atoms with Gasteiger partial charge in [-0.3, -0.25) is 0 Å². The van der Waals surface area contributed by atoms with Crippen LogP contribution in [0.1, 0.15) is 57.2 Å². The quantitative estimate of drug-likeness (QED) is 0.399. The SMILES string of the molecule is CCc1ccc(-c2noc(C3=C(C)N(CCC(C)C)C(=S)NC3c3cccc(OC)c3)n2)cc1. The molecule has 0 amide bonds. The molecule has 0 spiro atoms. The zero-order valence-electron chi connectivity index (χ0n) is 20.5. The number of hydrogen-bond acceptors (Lipinski definition) is 5. The van der Waals surface area contributed by atoms with Crippen molar-refractivity contribution >= 4 is 22.9 Å². The van der Waals surface area contributed by atoms with Crippen LogP contribution in [0.15, 0.2) is 58.8 Å². The average molecular weight is 477 g/mol. The van der Waals surface area contributed by atoms with Crippen LogP contribution in [0.3, 0.4) is 0 Å². The molecule has 6 nitrogen and oxygen atoms in total. The molecule has 0 saturated heterocycles. The molecule has 1 atom stereocenters. The van der Waals surface area contributed by atoms with Gasteiger partial charge in [0.15, 0.2) is 5.11 Å². The van der Waals surface area contributed by atoms with Crippen LogP contribution in [0.2, 0.25) is 0 Å². The molecule has 2 heterocycles. The van der Waals surface area contributed by atoms with E-state index >= 15 is 0 Å². The maximum Gasteiger partial charge on any atom is 0.258 e. The molecule has 1 aliphatic heterocycles. The van der Waals surface area contributed by atoms with Crippen LogP contribution < -0.4 is 10.1 Å². The summed E-state index contributed by atoms with van der Waals surface area (Å²) in [5, 5.41) is 8.52. The number of allylic oxidation sites excluding steroid dienone is 1. The van der Waals surface area contributed by atoms with Crippen molar-refractivity contribution in [1.82, 2.24) is 20.4 Å². The van der Waals surface area contributed by atoms with Crippen LogP contribution in [0, 0.1) is 5.92 Å². The highest BCUT2D eigenvalue weighted by molar-refractivity contribution is 7.80. The monoisotopic (exact) mass is 476 g/mol. The van der Waals surface area contributed by atoms with Gasteiger partial charge >= 0.3 is 0 Å². The molecule has 7 heteroatoms. The van der Waals surface area contributed by atoms with E-state index in [4.69, 9.17) is 26.5 Å². The van der Waals surface area contributed by atoms with Gasteiger partial charge in [-0.2, -0.15) is 4.98 Å². The molecule has 1 N–H and O–H groups in total. The summed E-state index contributed by atoms with van der Waals surface area (Å²) in [7, 11) is 1.67. The van der Waals surface area contributed by atoms with Gasteiger partial charge < -0.3 is 19.5 Å². The molecule has 1 aliphatic rings. The Labute approximate surface area is 207 Å². The number of nitrogens with one attached hydrogen (secondary N) is 1. The van der Waals surface area contributed by atoms with E-state index in [1.807, 2.05) is 30.3 Å². The van der Waals surface area contributed by atoms with Gasteiger partial charge in [0.1, 0.15) is 5.75 Å². The highest BCUT2D eigenvalue weighted by atomic mass is 32.1. The van der Waals surface area contributed by atoms with Crippen LogP contribution in [0.25, 0.3) is 17.0 Å². The van der Waals surface area contributed by atoms with Crippen molar-refractivity contribution < 1.29 is 9.26 Å². The molecule has 0 aliphatic carbocycles. The van der Waals surface area contributed by atoms with Crippen molar-refractivity contribution in [2.24, 2.45) is 5.92 Å². The molecule has 2 aromatic carbocycles. The summed E-state index contributed by atoms with van der Waals surface area (Å²) in [6, 6.07) is 16.0. The summed E-state index contributed by atoms with van der Waals surface area (Å²) in [5.41, 5.74) is 5.17. The molecule has 0 radical (unpaired) electrons. The zero-order chi connectivity index (χ0) is 24.2. The third-order valence-electron chi connectivity index (χ3n) is 6.23. The largest absolute Gasteiger partial charge is 0.497 e. The second-order valence-electron chi connectivity index (χ2n) is 8.97. The van der Waals surface area contributed by atoms with E-state index in [0.29, 0.717) is 22.7 Å². The summed E-state index contributed by atoms with van der Waals surface area (Å²) in [5.74, 6) is 2.41. The number of rotatable bonds is 8. The molecule has 0 fully saturated rings. The van der Waals surface area contributed by atoms with Crippen LogP contribution in [-0.4, -0.2) is 33.8 Å². The van der Waals surface area contributed by atoms with Crippen molar-refractivity contribution in [3.8, 4) is 17.1 Å². The number of ether oxygens (including phenoxy) is 1. The molecular formula is C27H32N4O2S. The molecular weight excluding hydrogens is 444 g/mol. The van der Waals surface area contributed by atoms with Crippen LogP contribution in [0.5, 0.6) is 5.75 Å². The fourth-order valence-corrected chi connectivity index (χ4v) is 4.47. The predicted octanol–water partition coefficient (Wildman–Crippen LogP) is 6.02. The van der Waals surface area contributed by atoms with E-state index < -0.39 is 0 Å². The number of aryl methyl sites for hydroxylation is 1. The maximum absolute atomic E-state index is 5.84. The van der Waals surface area contributed by atoms with E-state index in [-0.39, 0.29) is 6.04 Å². The third-order valence-corrected chi connectivity index (χ3v) is 6.57. The fraction of sp³-hybridized carbons (Fsp3) is 0.370. The first-order valence-corrected chi connectivity index (χ1v) is 12.2. The number of aromatic nitrogens is 2. The van der Waals surface area contributed by atoms with Crippen molar-refractivity contribution in [3.05, 3.63) is 71.2 Å². The minimum Gasteiger partial charge on any atom is -0.497 e.